The molecule has 0 amide bonds. The van der Waals surface area contributed by atoms with E-state index in [1.807, 2.05) is 6.92 Å². The first-order valence-electron chi connectivity index (χ1n) is 10.4. The minimum atomic E-state index is -1.57. The van der Waals surface area contributed by atoms with Gasteiger partial charge in [0.1, 0.15) is 0 Å². The third kappa shape index (κ3) is 16.8. The van der Waals surface area contributed by atoms with E-state index in [2.05, 4.69) is 39.7 Å². The number of hydrogen-bond donors (Lipinski definition) is 0. The van der Waals surface area contributed by atoms with E-state index in [0.717, 1.165) is 5.90 Å². The second-order valence-corrected chi connectivity index (χ2v) is 17.7. The molecule has 0 rings (SSSR count). The van der Waals surface area contributed by atoms with E-state index in [1.54, 1.807) is 0 Å². The van der Waals surface area contributed by atoms with E-state index >= 15 is 0 Å². The van der Waals surface area contributed by atoms with Crippen molar-refractivity contribution in [2.45, 2.75) is 123 Å². The minimum absolute atomic E-state index is 0.939. The van der Waals surface area contributed by atoms with Gasteiger partial charge in [0.15, 0.2) is 14.1 Å². The molecule has 0 aliphatic heterocycles. The molecule has 0 atom stereocenters. The highest BCUT2D eigenvalue weighted by molar-refractivity contribution is 6.76. The van der Waals surface area contributed by atoms with Crippen LogP contribution in [0, 0.1) is 0 Å². The van der Waals surface area contributed by atoms with Gasteiger partial charge in [0, 0.05) is 6.92 Å². The minimum Gasteiger partial charge on any atom is -0.535 e. The standard InChI is InChI=1S/C20H45NOSi2/c1-8-9-10-11-12-13-14-15-16-17-18-19-24(6,7)22-20(2)21-23(3,4)5/h8-19H2,1-7H3. The summed E-state index contributed by atoms with van der Waals surface area (Å²) in [5.41, 5.74) is 0. The highest BCUT2D eigenvalue weighted by Crippen LogP contribution is 2.19. The lowest BCUT2D eigenvalue weighted by molar-refractivity contribution is 0.523. The summed E-state index contributed by atoms with van der Waals surface area (Å²) < 4.78 is 11.0. The van der Waals surface area contributed by atoms with Gasteiger partial charge in [-0.25, -0.2) is 0 Å². The molecule has 0 aromatic carbocycles. The van der Waals surface area contributed by atoms with Gasteiger partial charge < -0.3 is 4.43 Å². The molecule has 4 heteroatoms. The maximum absolute atomic E-state index is 6.23. The Hall–Kier alpha value is -0.0962. The van der Waals surface area contributed by atoms with E-state index in [1.165, 1.54) is 76.7 Å². The van der Waals surface area contributed by atoms with Crippen molar-refractivity contribution in [2.75, 3.05) is 0 Å². The lowest BCUT2D eigenvalue weighted by Gasteiger charge is -2.25. The second kappa shape index (κ2) is 13.2. The fourth-order valence-corrected chi connectivity index (χ4v) is 6.29. The van der Waals surface area contributed by atoms with Crippen LogP contribution in [0.15, 0.2) is 4.66 Å². The quantitative estimate of drug-likeness (QED) is 0.132. The van der Waals surface area contributed by atoms with Gasteiger partial charge >= 0.3 is 0 Å². The van der Waals surface area contributed by atoms with Crippen LogP contribution in [0.25, 0.3) is 0 Å². The number of rotatable bonds is 14. The lowest BCUT2D eigenvalue weighted by Crippen LogP contribution is -2.33. The Labute approximate surface area is 155 Å². The van der Waals surface area contributed by atoms with Gasteiger partial charge in [-0.1, -0.05) is 77.6 Å². The average Bonchev–Trinajstić information content (AvgIpc) is 2.41. The molecule has 0 heterocycles. The third-order valence-electron chi connectivity index (χ3n) is 4.30. The molecule has 144 valence electrons. The van der Waals surface area contributed by atoms with Crippen LogP contribution in [0.4, 0.5) is 0 Å². The Bertz CT molecular complexity index is 335. The molecule has 0 aliphatic rings. The van der Waals surface area contributed by atoms with Crippen molar-refractivity contribution < 1.29 is 4.43 Å². The molecular weight excluding hydrogens is 326 g/mol. The van der Waals surface area contributed by atoms with Crippen LogP contribution in [0.2, 0.25) is 38.8 Å². The number of nitrogens with zero attached hydrogens (tertiary/aromatic N) is 1. The smallest absolute Gasteiger partial charge is 0.246 e. The van der Waals surface area contributed by atoms with Crippen LogP contribution in [-0.2, 0) is 4.43 Å². The van der Waals surface area contributed by atoms with E-state index in [-0.39, 0.29) is 0 Å². The highest BCUT2D eigenvalue weighted by atomic mass is 28.4. The topological polar surface area (TPSA) is 21.6 Å². The number of unbranched alkanes of at least 4 members (excludes halogenated alkanes) is 10. The van der Waals surface area contributed by atoms with Gasteiger partial charge in [0.2, 0.25) is 8.32 Å². The van der Waals surface area contributed by atoms with E-state index in [4.69, 9.17) is 9.08 Å². The maximum Gasteiger partial charge on any atom is 0.246 e. The molecule has 0 saturated heterocycles. The van der Waals surface area contributed by atoms with Crippen molar-refractivity contribution in [1.82, 2.24) is 0 Å². The van der Waals surface area contributed by atoms with Crippen molar-refractivity contribution >= 4 is 22.5 Å². The molecule has 0 aromatic heterocycles. The van der Waals surface area contributed by atoms with Gasteiger partial charge in [-0.3, -0.25) is 4.66 Å². The van der Waals surface area contributed by atoms with Crippen LogP contribution < -0.4 is 0 Å². The van der Waals surface area contributed by atoms with Gasteiger partial charge in [-0.2, -0.15) is 0 Å². The Morgan fingerprint density at radius 1 is 0.708 bits per heavy atom. The first kappa shape index (κ1) is 23.9. The molecule has 0 N–H and O–H groups in total. The summed E-state index contributed by atoms with van der Waals surface area (Å²) in [6, 6.07) is 1.27. The van der Waals surface area contributed by atoms with E-state index in [9.17, 15) is 0 Å². The Kier molecular flexibility index (Phi) is 13.1. The van der Waals surface area contributed by atoms with Crippen LogP contribution in [-0.4, -0.2) is 22.5 Å². The molecule has 0 saturated carbocycles. The molecule has 0 aliphatic carbocycles. The molecule has 0 unspecified atom stereocenters. The number of hydrogen-bond acceptors (Lipinski definition) is 2. The predicted octanol–water partition coefficient (Wildman–Crippen LogP) is 7.77. The normalized spacial score (nSPS) is 13.4. The van der Waals surface area contributed by atoms with Crippen LogP contribution in [0.3, 0.4) is 0 Å². The summed E-state index contributed by atoms with van der Waals surface area (Å²) in [6.07, 6.45) is 15.5. The first-order valence-corrected chi connectivity index (χ1v) is 17.0. The fraction of sp³-hybridized carbons (Fsp3) is 0.950. The van der Waals surface area contributed by atoms with Crippen molar-refractivity contribution in [3.05, 3.63) is 0 Å². The van der Waals surface area contributed by atoms with Crippen molar-refractivity contribution in [2.24, 2.45) is 4.66 Å². The van der Waals surface area contributed by atoms with Crippen LogP contribution in [0.1, 0.15) is 84.5 Å². The summed E-state index contributed by atoms with van der Waals surface area (Å²) in [5, 5.41) is 0. The van der Waals surface area contributed by atoms with E-state index in [0.29, 0.717) is 0 Å². The average molecular weight is 372 g/mol. The molecule has 2 nitrogen and oxygen atoms in total. The SMILES string of the molecule is CCCCCCCCCCCCC[Si](C)(C)OC(C)=N[Si](C)(C)C. The fourth-order valence-electron chi connectivity index (χ4n) is 3.16. The van der Waals surface area contributed by atoms with Gasteiger partial charge in [-0.05, 0) is 38.8 Å². The summed E-state index contributed by atoms with van der Waals surface area (Å²) in [7, 11) is -2.97. The van der Waals surface area contributed by atoms with Crippen LogP contribution in [0.5, 0.6) is 0 Å². The zero-order chi connectivity index (χ0) is 18.5. The molecular formula is C20H45NOSi2. The van der Waals surface area contributed by atoms with E-state index < -0.39 is 16.6 Å². The monoisotopic (exact) mass is 371 g/mol. The molecule has 0 aromatic rings. The van der Waals surface area contributed by atoms with Crippen LogP contribution >= 0.6 is 0 Å². The second-order valence-electron chi connectivity index (χ2n) is 8.95. The lowest BCUT2D eigenvalue weighted by atomic mass is 10.1. The molecule has 0 fully saturated rings. The first-order chi connectivity index (χ1) is 11.2. The van der Waals surface area contributed by atoms with Crippen molar-refractivity contribution in [3.8, 4) is 0 Å². The summed E-state index contributed by atoms with van der Waals surface area (Å²) in [4.78, 5) is 0. The Balaban J connectivity index is 3.63. The highest BCUT2D eigenvalue weighted by Gasteiger charge is 2.25. The zero-order valence-corrected chi connectivity index (χ0v) is 19.8. The Morgan fingerprint density at radius 3 is 1.54 bits per heavy atom. The third-order valence-corrected chi connectivity index (χ3v) is 7.69. The molecule has 0 bridgehead atoms. The maximum atomic E-state index is 6.23. The van der Waals surface area contributed by atoms with Crippen molar-refractivity contribution in [1.29, 1.82) is 0 Å². The van der Waals surface area contributed by atoms with Gasteiger partial charge in [0.05, 0.1) is 0 Å². The van der Waals surface area contributed by atoms with Crippen molar-refractivity contribution in [3.63, 3.8) is 0 Å². The van der Waals surface area contributed by atoms with Gasteiger partial charge in [-0.15, -0.1) is 0 Å². The summed E-state index contributed by atoms with van der Waals surface area (Å²) in [5.74, 6) is 0.939. The zero-order valence-electron chi connectivity index (χ0n) is 17.8. The molecule has 0 radical (unpaired) electrons. The molecule has 24 heavy (non-hydrogen) atoms. The Morgan fingerprint density at radius 2 is 1.12 bits per heavy atom. The molecule has 0 spiro atoms. The summed E-state index contributed by atoms with van der Waals surface area (Å²) in [6.45, 7) is 15.8. The predicted molar refractivity (Wildman–Crippen MR) is 116 cm³/mol. The summed E-state index contributed by atoms with van der Waals surface area (Å²) >= 11 is 0. The largest absolute Gasteiger partial charge is 0.535 e. The van der Waals surface area contributed by atoms with Gasteiger partial charge in [0.25, 0.3) is 0 Å².